The van der Waals surface area contributed by atoms with Gasteiger partial charge in [-0.2, -0.15) is 4.98 Å². The summed E-state index contributed by atoms with van der Waals surface area (Å²) in [6.07, 6.45) is 1.38. The van der Waals surface area contributed by atoms with Crippen LogP contribution in [-0.4, -0.2) is 23.8 Å². The van der Waals surface area contributed by atoms with Crippen molar-refractivity contribution in [3.63, 3.8) is 0 Å². The summed E-state index contributed by atoms with van der Waals surface area (Å²) in [5.41, 5.74) is -0.330. The van der Waals surface area contributed by atoms with Crippen LogP contribution in [0.25, 0.3) is 0 Å². The Kier molecular flexibility index (Phi) is 5.95. The molecule has 0 fully saturated rings. The van der Waals surface area contributed by atoms with Crippen LogP contribution in [0.5, 0.6) is 11.5 Å². The third-order valence-corrected chi connectivity index (χ3v) is 4.28. The van der Waals surface area contributed by atoms with Crippen molar-refractivity contribution in [2.24, 2.45) is 0 Å². The Labute approximate surface area is 168 Å². The summed E-state index contributed by atoms with van der Waals surface area (Å²) in [5.74, 6) is -4.71. The normalized spacial score (nSPS) is 10.8. The van der Waals surface area contributed by atoms with Gasteiger partial charge < -0.3 is 19.4 Å². The van der Waals surface area contributed by atoms with E-state index in [0.29, 0.717) is 0 Å². The number of rotatable bonds is 6. The molecule has 1 aromatic heterocycles. The van der Waals surface area contributed by atoms with Crippen molar-refractivity contribution in [1.82, 2.24) is 9.55 Å². The number of aromatic nitrogens is 2. The SMILES string of the molecule is COc1cc(F)c(Nc2nc(=O)c(C)cn2Cc2cc(F)c(F)c(F)c2)cc1OC. The lowest BCUT2D eigenvalue weighted by Crippen LogP contribution is -2.19. The van der Waals surface area contributed by atoms with Crippen molar-refractivity contribution < 1.29 is 27.0 Å². The maximum Gasteiger partial charge on any atom is 0.277 e. The largest absolute Gasteiger partial charge is 0.493 e. The molecular weight excluding hydrogens is 406 g/mol. The van der Waals surface area contributed by atoms with Gasteiger partial charge in [-0.3, -0.25) is 4.79 Å². The Bertz CT molecular complexity index is 1140. The molecule has 10 heteroatoms. The zero-order chi connectivity index (χ0) is 22.0. The topological polar surface area (TPSA) is 65.4 Å². The Morgan fingerprint density at radius 3 is 2.17 bits per heavy atom. The van der Waals surface area contributed by atoms with Gasteiger partial charge in [0.05, 0.1) is 26.5 Å². The van der Waals surface area contributed by atoms with Crippen molar-refractivity contribution in [2.45, 2.75) is 13.5 Å². The van der Waals surface area contributed by atoms with Crippen molar-refractivity contribution >= 4 is 11.6 Å². The first kappa shape index (κ1) is 21.2. The molecule has 0 spiro atoms. The molecule has 0 aliphatic rings. The molecule has 0 bridgehead atoms. The van der Waals surface area contributed by atoms with Crippen molar-refractivity contribution in [3.05, 3.63) is 75.2 Å². The second kappa shape index (κ2) is 8.44. The predicted molar refractivity (Wildman–Crippen MR) is 101 cm³/mol. The van der Waals surface area contributed by atoms with E-state index in [1.54, 1.807) is 0 Å². The number of anilines is 2. The third kappa shape index (κ3) is 4.22. The van der Waals surface area contributed by atoms with Crippen LogP contribution >= 0.6 is 0 Å². The smallest absolute Gasteiger partial charge is 0.277 e. The Balaban J connectivity index is 2.04. The summed E-state index contributed by atoms with van der Waals surface area (Å²) in [6.45, 7) is 1.33. The van der Waals surface area contributed by atoms with Gasteiger partial charge in [0.2, 0.25) is 5.95 Å². The van der Waals surface area contributed by atoms with Crippen molar-refractivity contribution in [1.29, 1.82) is 0 Å². The minimum atomic E-state index is -1.58. The summed E-state index contributed by atoms with van der Waals surface area (Å²) in [5, 5.41) is 2.68. The van der Waals surface area contributed by atoms with E-state index in [9.17, 15) is 22.4 Å². The highest BCUT2D eigenvalue weighted by atomic mass is 19.2. The number of methoxy groups -OCH3 is 2. The first-order valence-corrected chi connectivity index (χ1v) is 8.63. The number of hydrogen-bond acceptors (Lipinski definition) is 5. The number of aryl methyl sites for hydroxylation is 1. The molecule has 158 valence electrons. The molecule has 6 nitrogen and oxygen atoms in total. The fourth-order valence-electron chi connectivity index (χ4n) is 2.79. The molecule has 0 saturated carbocycles. The number of nitrogens with zero attached hydrogens (tertiary/aromatic N) is 2. The Morgan fingerprint density at radius 2 is 1.57 bits per heavy atom. The maximum atomic E-state index is 14.5. The molecule has 0 aliphatic carbocycles. The lowest BCUT2D eigenvalue weighted by molar-refractivity contribution is 0.353. The van der Waals surface area contributed by atoms with Crippen LogP contribution in [0, 0.1) is 30.2 Å². The molecule has 1 N–H and O–H groups in total. The molecule has 3 rings (SSSR count). The van der Waals surface area contributed by atoms with Crippen LogP contribution in [0.2, 0.25) is 0 Å². The minimum absolute atomic E-state index is 0.0754. The molecule has 0 saturated heterocycles. The van der Waals surface area contributed by atoms with Crippen LogP contribution in [-0.2, 0) is 6.54 Å². The number of halogens is 4. The van der Waals surface area contributed by atoms with Gasteiger partial charge in [-0.15, -0.1) is 0 Å². The molecule has 0 radical (unpaired) electrons. The van der Waals surface area contributed by atoms with E-state index in [0.717, 1.165) is 18.2 Å². The van der Waals surface area contributed by atoms with Gasteiger partial charge in [0, 0.05) is 23.9 Å². The average Bonchev–Trinajstić information content (AvgIpc) is 2.70. The van der Waals surface area contributed by atoms with Crippen LogP contribution in [0.4, 0.5) is 29.2 Å². The monoisotopic (exact) mass is 423 g/mol. The Hall–Kier alpha value is -3.56. The van der Waals surface area contributed by atoms with E-state index in [1.165, 1.54) is 38.0 Å². The van der Waals surface area contributed by atoms with Gasteiger partial charge in [-0.05, 0) is 24.6 Å². The molecule has 30 heavy (non-hydrogen) atoms. The molecule has 2 aromatic carbocycles. The van der Waals surface area contributed by atoms with Crippen molar-refractivity contribution in [2.75, 3.05) is 19.5 Å². The van der Waals surface area contributed by atoms with Gasteiger partial charge in [0.15, 0.2) is 34.8 Å². The number of benzene rings is 2. The van der Waals surface area contributed by atoms with Crippen molar-refractivity contribution in [3.8, 4) is 11.5 Å². The minimum Gasteiger partial charge on any atom is -0.493 e. The number of nitrogens with one attached hydrogen (secondary N) is 1. The highest BCUT2D eigenvalue weighted by molar-refractivity contribution is 5.61. The zero-order valence-corrected chi connectivity index (χ0v) is 16.2. The van der Waals surface area contributed by atoms with E-state index in [4.69, 9.17) is 9.47 Å². The second-order valence-electron chi connectivity index (χ2n) is 6.37. The first-order valence-electron chi connectivity index (χ1n) is 8.63. The molecule has 1 heterocycles. The standard InChI is InChI=1S/C20H17F4N3O3/c1-10-8-27(9-11-4-13(22)18(24)14(23)5-11)20(26-19(10)28)25-15-7-17(30-3)16(29-2)6-12(15)21/h4-8H,9H2,1-3H3,(H,25,26,28). The van der Waals surface area contributed by atoms with E-state index in [2.05, 4.69) is 10.3 Å². The van der Waals surface area contributed by atoms with Gasteiger partial charge in [0.25, 0.3) is 5.56 Å². The highest BCUT2D eigenvalue weighted by Crippen LogP contribution is 2.33. The molecule has 0 aliphatic heterocycles. The fourth-order valence-corrected chi connectivity index (χ4v) is 2.79. The Morgan fingerprint density at radius 1 is 0.967 bits per heavy atom. The summed E-state index contributed by atoms with van der Waals surface area (Å²) in [4.78, 5) is 15.9. The molecular formula is C20H17F4N3O3. The first-order chi connectivity index (χ1) is 14.2. The average molecular weight is 423 g/mol. The lowest BCUT2D eigenvalue weighted by atomic mass is 10.2. The lowest BCUT2D eigenvalue weighted by Gasteiger charge is -2.17. The molecule has 0 atom stereocenters. The summed E-state index contributed by atoms with van der Waals surface area (Å²) < 4.78 is 66.3. The van der Waals surface area contributed by atoms with Gasteiger partial charge >= 0.3 is 0 Å². The van der Waals surface area contributed by atoms with Gasteiger partial charge in [0.1, 0.15) is 0 Å². The van der Waals surface area contributed by atoms with Crippen LogP contribution < -0.4 is 20.3 Å². The van der Waals surface area contributed by atoms with Gasteiger partial charge in [-0.1, -0.05) is 0 Å². The second-order valence-corrected chi connectivity index (χ2v) is 6.37. The highest BCUT2D eigenvalue weighted by Gasteiger charge is 2.16. The van der Waals surface area contributed by atoms with E-state index in [1.807, 2.05) is 0 Å². The molecule has 0 amide bonds. The van der Waals surface area contributed by atoms with Crippen LogP contribution in [0.15, 0.2) is 35.3 Å². The summed E-state index contributed by atoms with van der Waals surface area (Å²) in [7, 11) is 2.72. The number of ether oxygens (including phenoxy) is 2. The summed E-state index contributed by atoms with van der Waals surface area (Å²) >= 11 is 0. The number of hydrogen-bond donors (Lipinski definition) is 1. The maximum absolute atomic E-state index is 14.5. The fraction of sp³-hybridized carbons (Fsp3) is 0.200. The van der Waals surface area contributed by atoms with Crippen LogP contribution in [0.3, 0.4) is 0 Å². The third-order valence-electron chi connectivity index (χ3n) is 4.28. The molecule has 0 unspecified atom stereocenters. The van der Waals surface area contributed by atoms with Gasteiger partial charge in [-0.25, -0.2) is 17.6 Å². The van der Waals surface area contributed by atoms with E-state index in [-0.39, 0.29) is 40.8 Å². The molecule has 3 aromatic rings. The predicted octanol–water partition coefficient (Wildman–Crippen LogP) is 3.92. The van der Waals surface area contributed by atoms with E-state index < -0.39 is 28.8 Å². The quantitative estimate of drug-likeness (QED) is 0.481. The zero-order valence-electron chi connectivity index (χ0n) is 16.2. The van der Waals surface area contributed by atoms with Crippen LogP contribution in [0.1, 0.15) is 11.1 Å². The van der Waals surface area contributed by atoms with E-state index >= 15 is 0 Å². The summed E-state index contributed by atoms with van der Waals surface area (Å²) in [6, 6.07) is 4.05.